The van der Waals surface area contributed by atoms with Crippen LogP contribution in [0, 0.1) is 46.6 Å². The fraction of sp³-hybridized carbons (Fsp3) is 0.417. The zero-order chi connectivity index (χ0) is 22.2. The van der Waals surface area contributed by atoms with Crippen molar-refractivity contribution >= 4 is 12.1 Å². The molecule has 2 bridgehead atoms. The first-order valence-electron chi connectivity index (χ1n) is 10.8. The molecular formula is C24H22F2N4O2. The molecule has 0 spiro atoms. The number of carbonyl (C=O) groups is 1. The summed E-state index contributed by atoms with van der Waals surface area (Å²) in [5.41, 5.74) is 0.755. The molecule has 3 atom stereocenters. The lowest BCUT2D eigenvalue weighted by molar-refractivity contribution is -0.148. The fourth-order valence-electron chi connectivity index (χ4n) is 5.22. The van der Waals surface area contributed by atoms with Crippen LogP contribution in [0.1, 0.15) is 43.0 Å². The second-order valence-corrected chi connectivity index (χ2v) is 8.83. The van der Waals surface area contributed by atoms with Crippen LogP contribution in [-0.2, 0) is 4.79 Å². The van der Waals surface area contributed by atoms with Crippen molar-refractivity contribution in [2.75, 3.05) is 6.61 Å². The zero-order valence-corrected chi connectivity index (χ0v) is 17.3. The molecule has 3 fully saturated rings. The lowest BCUT2D eigenvalue weighted by Gasteiger charge is -2.51. The zero-order valence-electron chi connectivity index (χ0n) is 17.3. The van der Waals surface area contributed by atoms with Crippen molar-refractivity contribution in [3.05, 3.63) is 59.4 Å². The van der Waals surface area contributed by atoms with Crippen LogP contribution in [0.25, 0.3) is 0 Å². The molecule has 0 N–H and O–H groups in total. The van der Waals surface area contributed by atoms with E-state index in [4.69, 9.17) is 10.00 Å². The summed E-state index contributed by atoms with van der Waals surface area (Å²) in [7, 11) is 0. The smallest absolute Gasteiger partial charge is 0.246 e. The summed E-state index contributed by atoms with van der Waals surface area (Å²) < 4.78 is 33.4. The summed E-state index contributed by atoms with van der Waals surface area (Å²) in [4.78, 5) is 17.4. The molecule has 1 amide bonds. The van der Waals surface area contributed by atoms with Gasteiger partial charge < -0.3 is 4.74 Å². The Balaban J connectivity index is 1.26. The lowest BCUT2D eigenvalue weighted by Crippen LogP contribution is -2.50. The molecule has 0 saturated heterocycles. The van der Waals surface area contributed by atoms with Gasteiger partial charge in [0.15, 0.2) is 0 Å². The Morgan fingerprint density at radius 3 is 2.62 bits per heavy atom. The van der Waals surface area contributed by atoms with Crippen LogP contribution < -0.4 is 4.74 Å². The predicted octanol–water partition coefficient (Wildman–Crippen LogP) is 4.23. The Kier molecular flexibility index (Phi) is 5.33. The average Bonchev–Trinajstić information content (AvgIpc) is 3.26. The molecule has 1 aliphatic heterocycles. The Hall–Kier alpha value is -3.34. The molecule has 4 aliphatic rings. The van der Waals surface area contributed by atoms with Crippen LogP contribution >= 0.6 is 0 Å². The van der Waals surface area contributed by atoms with Crippen LogP contribution in [0.4, 0.5) is 8.78 Å². The highest BCUT2D eigenvalue weighted by Gasteiger charge is 2.50. The van der Waals surface area contributed by atoms with E-state index in [0.717, 1.165) is 18.9 Å². The van der Waals surface area contributed by atoms with E-state index in [1.54, 1.807) is 18.3 Å². The van der Waals surface area contributed by atoms with Crippen molar-refractivity contribution in [3.8, 4) is 11.8 Å². The number of halogens is 2. The number of hydrogen-bond donors (Lipinski definition) is 0. The van der Waals surface area contributed by atoms with Gasteiger partial charge in [-0.2, -0.15) is 10.4 Å². The molecule has 32 heavy (non-hydrogen) atoms. The molecule has 1 aromatic carbocycles. The first-order chi connectivity index (χ1) is 15.5. The maximum atomic E-state index is 13.7. The Morgan fingerprint density at radius 1 is 1.16 bits per heavy atom. The SMILES string of the molecule is N#Cc1ccc(OC[C@@H]2CC(C(=O)N3N=CCC3c3cc(F)cc(F)c3)C3CC2C3)cn1. The van der Waals surface area contributed by atoms with Crippen LogP contribution in [0.3, 0.4) is 0 Å². The summed E-state index contributed by atoms with van der Waals surface area (Å²) >= 11 is 0. The molecule has 164 valence electrons. The molecule has 6 rings (SSSR count). The number of benzene rings is 1. The van der Waals surface area contributed by atoms with Gasteiger partial charge in [0, 0.05) is 24.6 Å². The van der Waals surface area contributed by atoms with E-state index < -0.39 is 17.7 Å². The Labute approximate surface area is 184 Å². The van der Waals surface area contributed by atoms with Crippen molar-refractivity contribution in [1.29, 1.82) is 5.26 Å². The maximum absolute atomic E-state index is 13.7. The van der Waals surface area contributed by atoms with E-state index in [0.29, 0.717) is 48.3 Å². The summed E-state index contributed by atoms with van der Waals surface area (Å²) in [6.45, 7) is 0.483. The Morgan fingerprint density at radius 2 is 1.94 bits per heavy atom. The monoisotopic (exact) mass is 436 g/mol. The molecular weight excluding hydrogens is 414 g/mol. The van der Waals surface area contributed by atoms with Crippen molar-refractivity contribution in [2.24, 2.45) is 28.8 Å². The number of pyridine rings is 1. The molecule has 8 heteroatoms. The van der Waals surface area contributed by atoms with Gasteiger partial charge in [-0.3, -0.25) is 4.79 Å². The van der Waals surface area contributed by atoms with Gasteiger partial charge in [0.25, 0.3) is 0 Å². The normalized spacial score (nSPS) is 28.2. The van der Waals surface area contributed by atoms with Gasteiger partial charge >= 0.3 is 0 Å². The molecule has 2 heterocycles. The number of nitriles is 1. The number of hydrogen-bond acceptors (Lipinski definition) is 5. The highest BCUT2D eigenvalue weighted by Crippen LogP contribution is 2.53. The van der Waals surface area contributed by atoms with E-state index in [1.165, 1.54) is 23.3 Å². The van der Waals surface area contributed by atoms with Crippen molar-refractivity contribution in [2.45, 2.75) is 31.7 Å². The third-order valence-corrected chi connectivity index (χ3v) is 6.96. The first-order valence-corrected chi connectivity index (χ1v) is 10.8. The molecule has 2 aromatic rings. The van der Waals surface area contributed by atoms with Crippen LogP contribution in [0.2, 0.25) is 0 Å². The van der Waals surface area contributed by atoms with E-state index in [9.17, 15) is 13.6 Å². The summed E-state index contributed by atoms with van der Waals surface area (Å²) in [5, 5.41) is 14.5. The largest absolute Gasteiger partial charge is 0.492 e. The van der Waals surface area contributed by atoms with Gasteiger partial charge in [0.2, 0.25) is 5.91 Å². The second kappa shape index (κ2) is 8.30. The number of aromatic nitrogens is 1. The highest BCUT2D eigenvalue weighted by atomic mass is 19.1. The van der Waals surface area contributed by atoms with Crippen LogP contribution in [-0.4, -0.2) is 28.7 Å². The number of nitrogens with zero attached hydrogens (tertiary/aromatic N) is 4. The summed E-state index contributed by atoms with van der Waals surface area (Å²) in [5.74, 6) is 0.116. The average molecular weight is 436 g/mol. The molecule has 1 aromatic heterocycles. The molecule has 2 unspecified atom stereocenters. The van der Waals surface area contributed by atoms with Gasteiger partial charge in [-0.15, -0.1) is 0 Å². The number of amides is 1. The van der Waals surface area contributed by atoms with Crippen molar-refractivity contribution in [3.63, 3.8) is 0 Å². The van der Waals surface area contributed by atoms with Gasteiger partial charge in [-0.05, 0) is 66.8 Å². The third-order valence-electron chi connectivity index (χ3n) is 6.96. The minimum Gasteiger partial charge on any atom is -0.492 e. The van der Waals surface area contributed by atoms with Gasteiger partial charge in [-0.1, -0.05) is 0 Å². The molecule has 3 saturated carbocycles. The Bertz CT molecular complexity index is 1070. The number of rotatable bonds is 5. The van der Waals surface area contributed by atoms with Crippen molar-refractivity contribution in [1.82, 2.24) is 9.99 Å². The van der Waals surface area contributed by atoms with Gasteiger partial charge in [0.1, 0.15) is 29.1 Å². The van der Waals surface area contributed by atoms with E-state index in [-0.39, 0.29) is 17.7 Å². The minimum atomic E-state index is -0.659. The maximum Gasteiger partial charge on any atom is 0.246 e. The van der Waals surface area contributed by atoms with E-state index >= 15 is 0 Å². The second-order valence-electron chi connectivity index (χ2n) is 8.83. The van der Waals surface area contributed by atoms with E-state index in [1.807, 2.05) is 6.07 Å². The van der Waals surface area contributed by atoms with Crippen molar-refractivity contribution < 1.29 is 18.3 Å². The van der Waals surface area contributed by atoms with Crippen LogP contribution in [0.15, 0.2) is 41.6 Å². The summed E-state index contributed by atoms with van der Waals surface area (Å²) in [6.07, 6.45) is 6.27. The molecule has 0 radical (unpaired) electrons. The standard InChI is InChI=1S/C24H22F2N4O2/c25-18-7-16(8-19(26)10-18)23-3-4-29-30(23)24(31)22-9-17(14-5-15(22)6-14)13-32-21-2-1-20(11-27)28-12-21/h1-2,4,7-8,10,12,14-15,17,22-23H,3,5-6,9,13H2/t14?,15?,17-,22?,23?/m0/s1. The fourth-order valence-corrected chi connectivity index (χ4v) is 5.22. The quantitative estimate of drug-likeness (QED) is 0.703. The lowest BCUT2D eigenvalue weighted by atomic mass is 9.55. The molecule has 3 aliphatic carbocycles. The number of carbonyl (C=O) groups excluding carboxylic acids is 1. The third kappa shape index (κ3) is 3.83. The number of ether oxygens (including phenoxy) is 1. The minimum absolute atomic E-state index is 0.0818. The molecule has 6 nitrogen and oxygen atoms in total. The topological polar surface area (TPSA) is 78.6 Å². The number of fused-ring (bicyclic) bond motifs is 2. The number of hydrazone groups is 1. The van der Waals surface area contributed by atoms with Crippen LogP contribution in [0.5, 0.6) is 5.75 Å². The van der Waals surface area contributed by atoms with Gasteiger partial charge in [-0.25, -0.2) is 18.8 Å². The summed E-state index contributed by atoms with van der Waals surface area (Å²) in [6, 6.07) is 8.20. The first kappa shape index (κ1) is 20.6. The van der Waals surface area contributed by atoms with E-state index in [2.05, 4.69) is 10.1 Å². The van der Waals surface area contributed by atoms with Gasteiger partial charge in [0.05, 0.1) is 18.8 Å². The highest BCUT2D eigenvalue weighted by molar-refractivity contribution is 5.82. The predicted molar refractivity (Wildman–Crippen MR) is 111 cm³/mol.